The van der Waals surface area contributed by atoms with E-state index >= 15 is 0 Å². The van der Waals surface area contributed by atoms with Gasteiger partial charge in [0.15, 0.2) is 22.0 Å². The van der Waals surface area contributed by atoms with Crippen molar-refractivity contribution in [2.75, 3.05) is 0 Å². The van der Waals surface area contributed by atoms with Gasteiger partial charge < -0.3 is 0 Å². The molecule has 4 heteroatoms. The summed E-state index contributed by atoms with van der Waals surface area (Å²) in [6.07, 6.45) is 0. The van der Waals surface area contributed by atoms with E-state index in [-0.39, 0.29) is 0 Å². The third-order valence-corrected chi connectivity index (χ3v) is 24.0. The lowest BCUT2D eigenvalue weighted by Gasteiger charge is -2.38. The minimum absolute atomic E-state index is 0.685. The summed E-state index contributed by atoms with van der Waals surface area (Å²) >= 11 is 0. The average molecular weight is 977 g/mol. The Hall–Kier alpha value is -9.07. The van der Waals surface area contributed by atoms with Gasteiger partial charge in [-0.15, -0.1) is 0 Å². The second-order valence-electron chi connectivity index (χ2n) is 18.9. The van der Waals surface area contributed by atoms with Crippen molar-refractivity contribution in [3.63, 3.8) is 0 Å². The number of benzene rings is 11. The van der Waals surface area contributed by atoms with Crippen LogP contribution in [0.4, 0.5) is 0 Å². The highest BCUT2D eigenvalue weighted by molar-refractivity contribution is 7.22. The molecule has 0 bridgehead atoms. The van der Waals surface area contributed by atoms with E-state index in [9.17, 15) is 0 Å². The van der Waals surface area contributed by atoms with Crippen molar-refractivity contribution in [3.8, 4) is 56.2 Å². The lowest BCUT2D eigenvalue weighted by molar-refractivity contribution is 1.18. The summed E-state index contributed by atoms with van der Waals surface area (Å²) in [6.45, 7) is 0. The Kier molecular flexibility index (Phi) is 12.8. The van der Waals surface area contributed by atoms with Gasteiger partial charge in [-0.3, -0.25) is 0 Å². The fraction of sp³-hybridized carbons (Fsp3) is 0. The van der Waals surface area contributed by atoms with Crippen molar-refractivity contribution in [2.24, 2.45) is 0 Å². The number of hydrogen-bond acceptors (Lipinski definition) is 2. The zero-order chi connectivity index (χ0) is 49.6. The molecule has 0 saturated carbocycles. The maximum atomic E-state index is 5.61. The second-order valence-corrected chi connectivity index (χ2v) is 26.5. The Morgan fingerprint density at radius 3 is 0.811 bits per heavy atom. The molecule has 0 aliphatic heterocycles. The van der Waals surface area contributed by atoms with Crippen LogP contribution in [0.2, 0.25) is 0 Å². The van der Waals surface area contributed by atoms with E-state index < -0.39 is 16.1 Å². The normalized spacial score (nSPS) is 11.5. The van der Waals surface area contributed by atoms with Crippen LogP contribution in [-0.2, 0) is 0 Å². The minimum atomic E-state index is -3.28. The molecule has 2 nitrogen and oxygen atoms in total. The molecule has 350 valence electrons. The maximum Gasteiger partial charge on any atom is 0.179 e. The first-order chi connectivity index (χ1) is 36.7. The first-order valence-electron chi connectivity index (χ1n) is 25.4. The van der Waals surface area contributed by atoms with Crippen LogP contribution in [0.5, 0.6) is 0 Å². The molecule has 1 heterocycles. The molecule has 12 rings (SSSR count). The zero-order valence-electron chi connectivity index (χ0n) is 40.9. The lowest BCUT2D eigenvalue weighted by atomic mass is 10.1. The third kappa shape index (κ3) is 8.66. The first-order valence-corrected chi connectivity index (χ1v) is 29.4. The summed E-state index contributed by atoms with van der Waals surface area (Å²) in [5.74, 6) is 0.685. The minimum Gasteiger partial charge on any atom is -0.228 e. The van der Waals surface area contributed by atoms with Gasteiger partial charge >= 0.3 is 0 Å². The molecule has 0 saturated heterocycles. The molecule has 0 radical (unpaired) electrons. The smallest absolute Gasteiger partial charge is 0.179 e. The van der Waals surface area contributed by atoms with E-state index in [1.807, 2.05) is 0 Å². The van der Waals surface area contributed by atoms with Gasteiger partial charge in [-0.05, 0) is 69.8 Å². The van der Waals surface area contributed by atoms with Crippen LogP contribution in [0.1, 0.15) is 0 Å². The molecule has 11 aromatic carbocycles. The summed E-state index contributed by atoms with van der Waals surface area (Å²) < 4.78 is 0. The van der Waals surface area contributed by atoms with E-state index in [0.717, 1.165) is 28.1 Å². The molecule has 0 aliphatic carbocycles. The Morgan fingerprint density at radius 1 is 0.176 bits per heavy atom. The van der Waals surface area contributed by atoms with Crippen LogP contribution in [-0.4, -0.2) is 26.1 Å². The number of aromatic nitrogens is 2. The highest BCUT2D eigenvalue weighted by Crippen LogP contribution is 2.29. The maximum absolute atomic E-state index is 5.61. The zero-order valence-corrected chi connectivity index (χ0v) is 42.9. The first kappa shape index (κ1) is 46.0. The van der Waals surface area contributed by atoms with E-state index in [0.29, 0.717) is 5.82 Å². The molecule has 0 aliphatic rings. The van der Waals surface area contributed by atoms with Crippen molar-refractivity contribution in [1.82, 2.24) is 9.97 Å². The fourth-order valence-corrected chi connectivity index (χ4v) is 21.0. The van der Waals surface area contributed by atoms with Crippen LogP contribution in [0.25, 0.3) is 56.2 Å². The molecular weight excluding hydrogens is 925 g/mol. The standard InChI is InChI=1S/C70H52N2Si2/c1-9-27-53(28-10-1)57-35-25-45-64(47-57)73(60-37-17-5-18-38-60,61-39-19-6-20-40-61)66-49-59(69-52-68(55-31-13-3-14-32-55)71-70(72-69)56-33-15-4-16-34-56)50-67(51-66)74(62-41-21-7-22-42-62,63-43-23-8-24-44-63)65-46-26-36-58(48-65)54-29-11-2-12-30-54/h1-52H. The molecule has 0 atom stereocenters. The van der Waals surface area contributed by atoms with Gasteiger partial charge in [-0.2, -0.15) is 0 Å². The predicted molar refractivity (Wildman–Crippen MR) is 316 cm³/mol. The summed E-state index contributed by atoms with van der Waals surface area (Å²) in [5.41, 5.74) is 9.54. The van der Waals surface area contributed by atoms with E-state index in [1.54, 1.807) is 0 Å². The van der Waals surface area contributed by atoms with Crippen molar-refractivity contribution < 1.29 is 0 Å². The number of rotatable bonds is 13. The van der Waals surface area contributed by atoms with Gasteiger partial charge in [-0.1, -0.05) is 309 Å². The molecule has 0 unspecified atom stereocenters. The predicted octanol–water partition coefficient (Wildman–Crippen LogP) is 11.6. The van der Waals surface area contributed by atoms with E-state index in [2.05, 4.69) is 315 Å². The largest absolute Gasteiger partial charge is 0.228 e. The quantitative estimate of drug-likeness (QED) is 0.0850. The highest BCUT2D eigenvalue weighted by atomic mass is 28.3. The molecule has 1 aromatic heterocycles. The Morgan fingerprint density at radius 2 is 0.446 bits per heavy atom. The van der Waals surface area contributed by atoms with Gasteiger partial charge in [0.05, 0.1) is 11.4 Å². The summed E-state index contributed by atoms with van der Waals surface area (Å²) in [4.78, 5) is 10.9. The molecule has 0 spiro atoms. The van der Waals surface area contributed by atoms with E-state index in [1.165, 1.54) is 63.7 Å². The Bertz CT molecular complexity index is 3480. The van der Waals surface area contributed by atoms with Gasteiger partial charge in [-0.25, -0.2) is 9.97 Å². The average Bonchev–Trinajstić information content (AvgIpc) is 3.50. The Labute approximate surface area is 436 Å². The van der Waals surface area contributed by atoms with Gasteiger partial charge in [0.25, 0.3) is 0 Å². The van der Waals surface area contributed by atoms with Gasteiger partial charge in [0, 0.05) is 16.7 Å². The fourth-order valence-electron chi connectivity index (χ4n) is 11.2. The molecule has 0 fully saturated rings. The third-order valence-electron chi connectivity index (χ3n) is 14.6. The summed E-state index contributed by atoms with van der Waals surface area (Å²) in [5, 5.41) is 10.4. The topological polar surface area (TPSA) is 25.8 Å². The highest BCUT2D eigenvalue weighted by Gasteiger charge is 2.46. The van der Waals surface area contributed by atoms with Crippen molar-refractivity contribution in [3.05, 3.63) is 315 Å². The second kappa shape index (κ2) is 20.6. The molecule has 12 aromatic rings. The Balaban J connectivity index is 1.26. The molecule has 74 heavy (non-hydrogen) atoms. The summed E-state index contributed by atoms with van der Waals surface area (Å²) in [6, 6.07) is 116. The van der Waals surface area contributed by atoms with Crippen LogP contribution in [0.3, 0.4) is 0 Å². The van der Waals surface area contributed by atoms with Crippen LogP contribution in [0, 0.1) is 0 Å². The van der Waals surface area contributed by atoms with Crippen LogP contribution in [0.15, 0.2) is 315 Å². The SMILES string of the molecule is c1ccc(-c2cccc([Si](c3ccccc3)(c3ccccc3)c3cc(-c4cc(-c5ccccc5)nc(-c5ccccc5)n4)cc([Si](c4ccccc4)(c4ccccc4)c4cccc(-c5ccccc5)c4)c3)c2)cc1. The summed E-state index contributed by atoms with van der Waals surface area (Å²) in [7, 11) is -6.56. The molecule has 0 N–H and O–H groups in total. The van der Waals surface area contributed by atoms with Crippen molar-refractivity contribution in [2.45, 2.75) is 0 Å². The number of nitrogens with zero attached hydrogens (tertiary/aromatic N) is 2. The van der Waals surface area contributed by atoms with Crippen molar-refractivity contribution in [1.29, 1.82) is 0 Å². The monoisotopic (exact) mass is 976 g/mol. The lowest BCUT2D eigenvalue weighted by Crippen LogP contribution is -2.78. The van der Waals surface area contributed by atoms with Crippen molar-refractivity contribution >= 4 is 57.6 Å². The van der Waals surface area contributed by atoms with Crippen LogP contribution >= 0.6 is 0 Å². The van der Waals surface area contributed by atoms with Gasteiger partial charge in [0.2, 0.25) is 0 Å². The molecule has 0 amide bonds. The molecular formula is C70H52N2Si2. The number of hydrogen-bond donors (Lipinski definition) is 0. The van der Waals surface area contributed by atoms with Crippen LogP contribution < -0.4 is 41.5 Å². The van der Waals surface area contributed by atoms with E-state index in [4.69, 9.17) is 9.97 Å². The van der Waals surface area contributed by atoms with Gasteiger partial charge in [0.1, 0.15) is 0 Å².